The molecular formula is C13H16N2O5. The first-order chi connectivity index (χ1) is 9.35. The van der Waals surface area contributed by atoms with Crippen molar-refractivity contribution in [3.63, 3.8) is 0 Å². The number of carboxylic acid groups (broad SMARTS) is 1. The number of carbonyl (C=O) groups excluding carboxylic acids is 2. The lowest BCUT2D eigenvalue weighted by atomic mass is 10.1. The number of carbonyl (C=O) groups is 3. The smallest absolute Gasteiger partial charge is 0.337 e. The van der Waals surface area contributed by atoms with Gasteiger partial charge < -0.3 is 20.1 Å². The molecule has 0 radical (unpaired) electrons. The van der Waals surface area contributed by atoms with E-state index >= 15 is 0 Å². The number of benzene rings is 1. The van der Waals surface area contributed by atoms with Crippen LogP contribution in [0.4, 0.5) is 5.69 Å². The van der Waals surface area contributed by atoms with Gasteiger partial charge in [-0.15, -0.1) is 0 Å². The number of hydrogen-bond acceptors (Lipinski definition) is 4. The first-order valence-electron chi connectivity index (χ1n) is 5.78. The third-order valence-electron chi connectivity index (χ3n) is 2.65. The minimum absolute atomic E-state index is 0.0513. The summed E-state index contributed by atoms with van der Waals surface area (Å²) in [6.07, 6.45) is 0. The molecule has 2 N–H and O–H groups in total. The topological polar surface area (TPSA) is 95.9 Å². The number of methoxy groups -OCH3 is 1. The summed E-state index contributed by atoms with van der Waals surface area (Å²) in [7, 11) is 2.91. The van der Waals surface area contributed by atoms with E-state index in [4.69, 9.17) is 9.84 Å². The van der Waals surface area contributed by atoms with Gasteiger partial charge >= 0.3 is 5.97 Å². The Bertz CT molecular complexity index is 542. The van der Waals surface area contributed by atoms with Crippen molar-refractivity contribution in [2.24, 2.45) is 0 Å². The van der Waals surface area contributed by atoms with Crippen LogP contribution in [0.3, 0.4) is 0 Å². The fourth-order valence-corrected chi connectivity index (χ4v) is 1.46. The number of likely N-dealkylation sites (N-methyl/N-ethyl adjacent to an activating group) is 1. The number of rotatable bonds is 5. The van der Waals surface area contributed by atoms with Crippen LogP contribution in [0.1, 0.15) is 17.3 Å². The molecule has 0 unspecified atom stereocenters. The first-order valence-corrected chi connectivity index (χ1v) is 5.78. The summed E-state index contributed by atoms with van der Waals surface area (Å²) in [5.74, 6) is -1.49. The van der Waals surface area contributed by atoms with Crippen molar-refractivity contribution in [3.8, 4) is 5.75 Å². The summed E-state index contributed by atoms with van der Waals surface area (Å²) in [5.41, 5.74) is 0.0726. The van der Waals surface area contributed by atoms with Gasteiger partial charge in [-0.05, 0) is 12.1 Å². The lowest BCUT2D eigenvalue weighted by molar-refractivity contribution is -0.131. The SMILES string of the molecule is COc1ccc(C(=O)O)c(NC(=O)CN(C)C(C)=O)c1. The minimum atomic E-state index is -1.16. The van der Waals surface area contributed by atoms with Crippen LogP contribution in [-0.4, -0.2) is 48.5 Å². The third-order valence-corrected chi connectivity index (χ3v) is 2.65. The molecule has 0 saturated carbocycles. The van der Waals surface area contributed by atoms with Gasteiger partial charge in [-0.25, -0.2) is 4.79 Å². The van der Waals surface area contributed by atoms with Gasteiger partial charge in [0, 0.05) is 20.0 Å². The molecule has 2 amide bonds. The normalized spacial score (nSPS) is 9.75. The highest BCUT2D eigenvalue weighted by Crippen LogP contribution is 2.22. The van der Waals surface area contributed by atoms with Crippen molar-refractivity contribution < 1.29 is 24.2 Å². The van der Waals surface area contributed by atoms with Crippen molar-refractivity contribution in [1.29, 1.82) is 0 Å². The first kappa shape index (κ1) is 15.5. The molecule has 1 rings (SSSR count). The van der Waals surface area contributed by atoms with Gasteiger partial charge in [0.25, 0.3) is 0 Å². The molecule has 7 nitrogen and oxygen atoms in total. The molecule has 0 fully saturated rings. The molecule has 0 saturated heterocycles. The second kappa shape index (κ2) is 6.55. The Hall–Kier alpha value is -2.57. The fraction of sp³-hybridized carbons (Fsp3) is 0.308. The van der Waals surface area contributed by atoms with E-state index in [1.807, 2.05) is 0 Å². The van der Waals surface area contributed by atoms with Crippen LogP contribution in [0.2, 0.25) is 0 Å². The van der Waals surface area contributed by atoms with E-state index in [9.17, 15) is 14.4 Å². The van der Waals surface area contributed by atoms with Crippen LogP contribution in [0.25, 0.3) is 0 Å². The minimum Gasteiger partial charge on any atom is -0.497 e. The zero-order valence-corrected chi connectivity index (χ0v) is 11.5. The quantitative estimate of drug-likeness (QED) is 0.832. The molecule has 0 aliphatic rings. The predicted molar refractivity (Wildman–Crippen MR) is 71.9 cm³/mol. The molecule has 0 atom stereocenters. The Morgan fingerprint density at radius 3 is 2.50 bits per heavy atom. The second-order valence-corrected chi connectivity index (χ2v) is 4.14. The maximum Gasteiger partial charge on any atom is 0.337 e. The van der Waals surface area contributed by atoms with Crippen LogP contribution in [0, 0.1) is 0 Å². The number of hydrogen-bond donors (Lipinski definition) is 2. The second-order valence-electron chi connectivity index (χ2n) is 4.14. The number of anilines is 1. The average Bonchev–Trinajstić information content (AvgIpc) is 2.37. The lowest BCUT2D eigenvalue weighted by Crippen LogP contribution is -2.33. The average molecular weight is 280 g/mol. The molecule has 0 bridgehead atoms. The standard InChI is InChI=1S/C13H16N2O5/c1-8(16)15(2)7-12(17)14-11-6-9(20-3)4-5-10(11)13(18)19/h4-6H,7H2,1-3H3,(H,14,17)(H,18,19). The van der Waals surface area contributed by atoms with E-state index in [0.717, 1.165) is 0 Å². The van der Waals surface area contributed by atoms with Gasteiger partial charge in [0.15, 0.2) is 0 Å². The Morgan fingerprint density at radius 2 is 2.00 bits per heavy atom. The van der Waals surface area contributed by atoms with Gasteiger partial charge in [0.1, 0.15) is 5.75 Å². The monoisotopic (exact) mass is 280 g/mol. The van der Waals surface area contributed by atoms with Crippen LogP contribution in [0.5, 0.6) is 5.75 Å². The highest BCUT2D eigenvalue weighted by Gasteiger charge is 2.15. The molecule has 0 aliphatic heterocycles. The number of nitrogens with zero attached hydrogens (tertiary/aromatic N) is 1. The molecule has 0 aliphatic carbocycles. The zero-order valence-electron chi connectivity index (χ0n) is 11.5. The van der Waals surface area contributed by atoms with Gasteiger partial charge in [0.2, 0.25) is 11.8 Å². The molecule has 7 heteroatoms. The van der Waals surface area contributed by atoms with E-state index in [-0.39, 0.29) is 23.7 Å². The predicted octanol–water partition coefficient (Wildman–Crippen LogP) is 0.810. The summed E-state index contributed by atoms with van der Waals surface area (Å²) in [4.78, 5) is 35.1. The van der Waals surface area contributed by atoms with E-state index in [2.05, 4.69) is 5.32 Å². The van der Waals surface area contributed by atoms with Crippen LogP contribution >= 0.6 is 0 Å². The van der Waals surface area contributed by atoms with Crippen molar-refractivity contribution in [2.75, 3.05) is 26.0 Å². The van der Waals surface area contributed by atoms with Crippen molar-refractivity contribution in [1.82, 2.24) is 4.90 Å². The summed E-state index contributed by atoms with van der Waals surface area (Å²) in [5, 5.41) is 11.5. The summed E-state index contributed by atoms with van der Waals surface area (Å²) in [6, 6.07) is 4.24. The Morgan fingerprint density at radius 1 is 1.35 bits per heavy atom. The Balaban J connectivity index is 2.92. The third kappa shape index (κ3) is 3.98. The zero-order chi connectivity index (χ0) is 15.3. The summed E-state index contributed by atoms with van der Waals surface area (Å²) >= 11 is 0. The van der Waals surface area contributed by atoms with E-state index < -0.39 is 11.9 Å². The number of aromatic carboxylic acids is 1. The Labute approximate surface area is 116 Å². The Kier molecular flexibility index (Phi) is 5.08. The van der Waals surface area contributed by atoms with Crippen molar-refractivity contribution in [2.45, 2.75) is 6.92 Å². The summed E-state index contributed by atoms with van der Waals surface area (Å²) in [6.45, 7) is 1.17. The van der Waals surface area contributed by atoms with Crippen molar-refractivity contribution >= 4 is 23.5 Å². The molecule has 108 valence electrons. The van der Waals surface area contributed by atoms with Gasteiger partial charge in [-0.1, -0.05) is 0 Å². The highest BCUT2D eigenvalue weighted by atomic mass is 16.5. The molecule has 1 aromatic carbocycles. The largest absolute Gasteiger partial charge is 0.497 e. The molecule has 0 aromatic heterocycles. The maximum absolute atomic E-state index is 11.8. The fourth-order valence-electron chi connectivity index (χ4n) is 1.46. The molecule has 0 spiro atoms. The lowest BCUT2D eigenvalue weighted by Gasteiger charge is -2.15. The molecule has 20 heavy (non-hydrogen) atoms. The number of ether oxygens (including phenoxy) is 1. The van der Waals surface area contributed by atoms with E-state index in [1.54, 1.807) is 0 Å². The highest BCUT2D eigenvalue weighted by molar-refractivity contribution is 6.02. The van der Waals surface area contributed by atoms with Crippen LogP contribution < -0.4 is 10.1 Å². The maximum atomic E-state index is 11.8. The molecular weight excluding hydrogens is 264 g/mol. The van der Waals surface area contributed by atoms with Gasteiger partial charge in [0.05, 0.1) is 24.9 Å². The van der Waals surface area contributed by atoms with E-state index in [1.165, 1.54) is 44.2 Å². The van der Waals surface area contributed by atoms with Gasteiger partial charge in [-0.2, -0.15) is 0 Å². The van der Waals surface area contributed by atoms with Crippen LogP contribution in [0.15, 0.2) is 18.2 Å². The van der Waals surface area contributed by atoms with Crippen molar-refractivity contribution in [3.05, 3.63) is 23.8 Å². The van der Waals surface area contributed by atoms with Crippen LogP contribution in [-0.2, 0) is 9.59 Å². The molecule has 0 heterocycles. The van der Waals surface area contributed by atoms with Gasteiger partial charge in [-0.3, -0.25) is 9.59 Å². The molecule has 1 aromatic rings. The van der Waals surface area contributed by atoms with E-state index in [0.29, 0.717) is 5.75 Å². The number of carboxylic acids is 1. The number of amides is 2. The summed E-state index contributed by atoms with van der Waals surface area (Å²) < 4.78 is 4.98. The number of nitrogens with one attached hydrogen (secondary N) is 1.